The number of aryl methyl sites for hydroxylation is 2. The van der Waals surface area contributed by atoms with E-state index in [0.717, 1.165) is 10.9 Å². The summed E-state index contributed by atoms with van der Waals surface area (Å²) in [5.41, 5.74) is 1.53. The van der Waals surface area contributed by atoms with E-state index in [1.165, 1.54) is 0 Å². The first-order valence-electron chi connectivity index (χ1n) is 8.51. The van der Waals surface area contributed by atoms with Gasteiger partial charge in [0.1, 0.15) is 23.0 Å². The van der Waals surface area contributed by atoms with Gasteiger partial charge in [-0.3, -0.25) is 0 Å². The van der Waals surface area contributed by atoms with Crippen molar-refractivity contribution in [2.45, 2.75) is 20.3 Å². The van der Waals surface area contributed by atoms with Crippen molar-refractivity contribution >= 4 is 11.0 Å². The van der Waals surface area contributed by atoms with Crippen molar-refractivity contribution in [3.05, 3.63) is 75.8 Å². The van der Waals surface area contributed by atoms with Crippen LogP contribution in [0.3, 0.4) is 0 Å². The molecule has 27 heavy (non-hydrogen) atoms. The maximum atomic E-state index is 12.6. The number of rotatable bonds is 4. The Morgan fingerprint density at radius 3 is 2.78 bits per heavy atom. The standard InChI is InChI=1S/C20H18N4O3/c1-12-15-8-7-14(26-3)10-17(15)27-20(25)16(12)11-19-22-13(2)23-24(19)18-6-4-5-9-21-18/h4-10H,11H2,1-3H3. The molecular weight excluding hydrogens is 344 g/mol. The Bertz CT molecular complexity index is 1180. The van der Waals surface area contributed by atoms with E-state index in [1.807, 2.05) is 44.2 Å². The van der Waals surface area contributed by atoms with Gasteiger partial charge in [0.25, 0.3) is 0 Å². The first kappa shape index (κ1) is 17.0. The Kier molecular flexibility index (Phi) is 4.19. The van der Waals surface area contributed by atoms with Crippen molar-refractivity contribution < 1.29 is 9.15 Å². The van der Waals surface area contributed by atoms with Crippen molar-refractivity contribution in [1.82, 2.24) is 19.7 Å². The lowest BCUT2D eigenvalue weighted by molar-refractivity contribution is 0.414. The molecule has 0 N–H and O–H groups in total. The lowest BCUT2D eigenvalue weighted by atomic mass is 10.0. The Labute approximate surface area is 155 Å². The molecule has 0 atom stereocenters. The lowest BCUT2D eigenvalue weighted by Crippen LogP contribution is -2.14. The second kappa shape index (κ2) is 6.68. The lowest BCUT2D eigenvalue weighted by Gasteiger charge is -2.09. The molecule has 3 aromatic heterocycles. The van der Waals surface area contributed by atoms with Crippen LogP contribution in [0.4, 0.5) is 0 Å². The van der Waals surface area contributed by atoms with Crippen LogP contribution in [0, 0.1) is 13.8 Å². The average molecular weight is 362 g/mol. The second-order valence-corrected chi connectivity index (χ2v) is 6.21. The fourth-order valence-corrected chi connectivity index (χ4v) is 3.10. The average Bonchev–Trinajstić information content (AvgIpc) is 3.05. The molecule has 0 unspecified atom stereocenters. The summed E-state index contributed by atoms with van der Waals surface area (Å²) in [6.07, 6.45) is 1.99. The molecular formula is C20H18N4O3. The summed E-state index contributed by atoms with van der Waals surface area (Å²) < 4.78 is 12.4. The summed E-state index contributed by atoms with van der Waals surface area (Å²) in [6, 6.07) is 11.0. The van der Waals surface area contributed by atoms with Gasteiger partial charge in [-0.1, -0.05) is 6.07 Å². The molecule has 1 aromatic carbocycles. The molecule has 0 aliphatic carbocycles. The maximum absolute atomic E-state index is 12.6. The zero-order chi connectivity index (χ0) is 19.0. The SMILES string of the molecule is COc1ccc2c(C)c(Cc3nc(C)nn3-c3ccccn3)c(=O)oc2c1. The summed E-state index contributed by atoms with van der Waals surface area (Å²) in [6.45, 7) is 3.72. The highest BCUT2D eigenvalue weighted by atomic mass is 16.5. The van der Waals surface area contributed by atoms with Gasteiger partial charge in [0.15, 0.2) is 5.82 Å². The molecule has 0 aliphatic rings. The van der Waals surface area contributed by atoms with Gasteiger partial charge < -0.3 is 9.15 Å². The van der Waals surface area contributed by atoms with E-state index in [4.69, 9.17) is 9.15 Å². The number of ether oxygens (including phenoxy) is 1. The van der Waals surface area contributed by atoms with Crippen LogP contribution >= 0.6 is 0 Å². The van der Waals surface area contributed by atoms with Gasteiger partial charge in [-0.05, 0) is 43.7 Å². The van der Waals surface area contributed by atoms with Crippen molar-refractivity contribution in [1.29, 1.82) is 0 Å². The molecule has 0 amide bonds. The van der Waals surface area contributed by atoms with Gasteiger partial charge in [-0.2, -0.15) is 4.68 Å². The predicted molar refractivity (Wildman–Crippen MR) is 100 cm³/mol. The first-order valence-corrected chi connectivity index (χ1v) is 8.51. The fraction of sp³-hybridized carbons (Fsp3) is 0.200. The van der Waals surface area contributed by atoms with Crippen LogP contribution in [-0.4, -0.2) is 26.9 Å². The third-order valence-corrected chi connectivity index (χ3v) is 4.48. The van der Waals surface area contributed by atoms with Crippen LogP contribution in [-0.2, 0) is 6.42 Å². The van der Waals surface area contributed by atoms with E-state index in [1.54, 1.807) is 24.1 Å². The van der Waals surface area contributed by atoms with E-state index in [2.05, 4.69) is 15.1 Å². The molecule has 0 saturated heterocycles. The highest BCUT2D eigenvalue weighted by Crippen LogP contribution is 2.25. The number of aromatic nitrogens is 4. The molecule has 3 heterocycles. The van der Waals surface area contributed by atoms with Crippen LogP contribution in [0.15, 0.2) is 51.8 Å². The molecule has 4 aromatic rings. The van der Waals surface area contributed by atoms with Gasteiger partial charge in [-0.25, -0.2) is 14.8 Å². The van der Waals surface area contributed by atoms with E-state index in [-0.39, 0.29) is 5.63 Å². The minimum absolute atomic E-state index is 0.299. The van der Waals surface area contributed by atoms with Crippen LogP contribution in [0.25, 0.3) is 16.8 Å². The van der Waals surface area contributed by atoms with Crippen LogP contribution < -0.4 is 10.4 Å². The Hall–Kier alpha value is -3.48. The minimum Gasteiger partial charge on any atom is -0.497 e. The summed E-state index contributed by atoms with van der Waals surface area (Å²) in [4.78, 5) is 21.4. The van der Waals surface area contributed by atoms with Gasteiger partial charge >= 0.3 is 5.63 Å². The summed E-state index contributed by atoms with van der Waals surface area (Å²) in [7, 11) is 1.58. The number of methoxy groups -OCH3 is 1. The summed E-state index contributed by atoms with van der Waals surface area (Å²) >= 11 is 0. The van der Waals surface area contributed by atoms with Crippen molar-refractivity contribution in [3.8, 4) is 11.6 Å². The zero-order valence-electron chi connectivity index (χ0n) is 15.3. The van der Waals surface area contributed by atoms with Gasteiger partial charge in [-0.15, -0.1) is 5.10 Å². The van der Waals surface area contributed by atoms with Gasteiger partial charge in [0.05, 0.1) is 7.11 Å². The molecule has 136 valence electrons. The molecule has 0 saturated carbocycles. The number of hydrogen-bond acceptors (Lipinski definition) is 6. The number of pyridine rings is 1. The monoisotopic (exact) mass is 362 g/mol. The summed E-state index contributed by atoms with van der Waals surface area (Å²) in [5.74, 6) is 2.54. The highest BCUT2D eigenvalue weighted by molar-refractivity contribution is 5.82. The van der Waals surface area contributed by atoms with Gasteiger partial charge in [0, 0.05) is 29.6 Å². The van der Waals surface area contributed by atoms with E-state index in [9.17, 15) is 4.79 Å². The quantitative estimate of drug-likeness (QED) is 0.519. The summed E-state index contributed by atoms with van der Waals surface area (Å²) in [5, 5.41) is 5.28. The number of nitrogens with zero attached hydrogens (tertiary/aromatic N) is 4. The van der Waals surface area contributed by atoms with Crippen LogP contribution in [0.2, 0.25) is 0 Å². The normalized spacial score (nSPS) is 11.1. The largest absolute Gasteiger partial charge is 0.497 e. The molecule has 0 bridgehead atoms. The topological polar surface area (TPSA) is 83.0 Å². The molecule has 0 radical (unpaired) electrons. The van der Waals surface area contributed by atoms with E-state index < -0.39 is 0 Å². The number of fused-ring (bicyclic) bond motifs is 1. The smallest absolute Gasteiger partial charge is 0.340 e. The van der Waals surface area contributed by atoms with E-state index >= 15 is 0 Å². The number of hydrogen-bond donors (Lipinski definition) is 0. The third kappa shape index (κ3) is 3.08. The third-order valence-electron chi connectivity index (χ3n) is 4.48. The fourth-order valence-electron chi connectivity index (χ4n) is 3.10. The Balaban J connectivity index is 1.82. The Morgan fingerprint density at radius 1 is 1.19 bits per heavy atom. The van der Waals surface area contributed by atoms with E-state index in [0.29, 0.717) is 40.8 Å². The number of benzene rings is 1. The molecule has 7 nitrogen and oxygen atoms in total. The zero-order valence-corrected chi connectivity index (χ0v) is 15.3. The molecule has 0 spiro atoms. The highest BCUT2D eigenvalue weighted by Gasteiger charge is 2.17. The van der Waals surface area contributed by atoms with Crippen molar-refractivity contribution in [2.75, 3.05) is 7.11 Å². The molecule has 4 rings (SSSR count). The molecule has 0 fully saturated rings. The maximum Gasteiger partial charge on any atom is 0.340 e. The minimum atomic E-state index is -0.388. The molecule has 0 aliphatic heterocycles. The van der Waals surface area contributed by atoms with Crippen molar-refractivity contribution in [3.63, 3.8) is 0 Å². The Morgan fingerprint density at radius 2 is 2.04 bits per heavy atom. The van der Waals surface area contributed by atoms with Gasteiger partial charge in [0.2, 0.25) is 0 Å². The predicted octanol–water partition coefficient (Wildman–Crippen LogP) is 2.98. The first-order chi connectivity index (χ1) is 13.1. The van der Waals surface area contributed by atoms with Crippen molar-refractivity contribution in [2.24, 2.45) is 0 Å². The second-order valence-electron chi connectivity index (χ2n) is 6.21. The van der Waals surface area contributed by atoms with Crippen LogP contribution in [0.5, 0.6) is 5.75 Å². The van der Waals surface area contributed by atoms with Crippen LogP contribution in [0.1, 0.15) is 22.8 Å². The molecule has 7 heteroatoms.